The number of nitrogens with zero attached hydrogens (tertiary/aromatic N) is 2. The highest BCUT2D eigenvalue weighted by molar-refractivity contribution is 5.31. The van der Waals surface area contributed by atoms with Crippen molar-refractivity contribution in [2.75, 3.05) is 6.54 Å². The van der Waals surface area contributed by atoms with Crippen LogP contribution < -0.4 is 5.32 Å². The number of benzene rings is 1. The molecule has 2 rings (SSSR count). The van der Waals surface area contributed by atoms with Crippen LogP contribution in [0, 0.1) is 25.5 Å². The predicted molar refractivity (Wildman–Crippen MR) is 79.2 cm³/mol. The van der Waals surface area contributed by atoms with Crippen LogP contribution in [0.15, 0.2) is 18.2 Å². The van der Waals surface area contributed by atoms with Crippen molar-refractivity contribution in [1.82, 2.24) is 15.1 Å². The van der Waals surface area contributed by atoms with Crippen LogP contribution in [0.4, 0.5) is 8.78 Å². The molecule has 1 heterocycles. The van der Waals surface area contributed by atoms with Crippen molar-refractivity contribution >= 4 is 0 Å². The van der Waals surface area contributed by atoms with Crippen LogP contribution in [0.5, 0.6) is 0 Å². The number of hydrogen-bond acceptors (Lipinski definition) is 2. The van der Waals surface area contributed by atoms with Gasteiger partial charge in [-0.15, -0.1) is 0 Å². The summed E-state index contributed by atoms with van der Waals surface area (Å²) < 4.78 is 29.1. The minimum Gasteiger partial charge on any atom is -0.310 e. The van der Waals surface area contributed by atoms with Crippen molar-refractivity contribution in [2.24, 2.45) is 7.05 Å². The van der Waals surface area contributed by atoms with Crippen LogP contribution in [0.25, 0.3) is 0 Å². The predicted octanol–water partition coefficient (Wildman–Crippen LogP) is 3.21. The molecule has 2 aromatic rings. The van der Waals surface area contributed by atoms with Crippen molar-refractivity contribution in [1.29, 1.82) is 0 Å². The third-order valence-electron chi connectivity index (χ3n) is 3.82. The monoisotopic (exact) mass is 293 g/mol. The van der Waals surface area contributed by atoms with E-state index < -0.39 is 11.6 Å². The van der Waals surface area contributed by atoms with Gasteiger partial charge in [-0.25, -0.2) is 8.78 Å². The molecule has 0 radical (unpaired) electrons. The molecule has 0 aliphatic rings. The number of aryl methyl sites for hydroxylation is 2. The Morgan fingerprint density at radius 3 is 2.57 bits per heavy atom. The molecule has 21 heavy (non-hydrogen) atoms. The summed E-state index contributed by atoms with van der Waals surface area (Å²) in [6.45, 7) is 6.67. The van der Waals surface area contributed by atoms with Gasteiger partial charge in [0.15, 0.2) is 11.6 Å². The summed E-state index contributed by atoms with van der Waals surface area (Å²) in [6, 6.07) is 4.23. The smallest absolute Gasteiger partial charge is 0.162 e. The first-order valence-electron chi connectivity index (χ1n) is 7.12. The molecule has 1 N–H and O–H groups in total. The van der Waals surface area contributed by atoms with E-state index in [4.69, 9.17) is 0 Å². The minimum absolute atomic E-state index is 0.0833. The van der Waals surface area contributed by atoms with Gasteiger partial charge in [0.05, 0.1) is 5.69 Å². The lowest BCUT2D eigenvalue weighted by molar-refractivity contribution is 0.480. The molecule has 5 heteroatoms. The second-order valence-corrected chi connectivity index (χ2v) is 5.24. The van der Waals surface area contributed by atoms with Crippen LogP contribution in [-0.2, 0) is 13.5 Å². The molecule has 0 aliphatic carbocycles. The van der Waals surface area contributed by atoms with Gasteiger partial charge in [-0.05, 0) is 38.4 Å². The molecule has 1 atom stereocenters. The minimum atomic E-state index is -0.803. The highest BCUT2D eigenvalue weighted by Gasteiger charge is 2.21. The second-order valence-electron chi connectivity index (χ2n) is 5.24. The fourth-order valence-electron chi connectivity index (χ4n) is 2.74. The SMILES string of the molecule is CCNC(Cc1cccc(F)c1F)c1c(C)nn(C)c1C. The van der Waals surface area contributed by atoms with Crippen LogP contribution >= 0.6 is 0 Å². The summed E-state index contributed by atoms with van der Waals surface area (Å²) in [6.07, 6.45) is 0.394. The topological polar surface area (TPSA) is 29.9 Å². The van der Waals surface area contributed by atoms with Gasteiger partial charge in [0, 0.05) is 24.3 Å². The first-order valence-corrected chi connectivity index (χ1v) is 7.12. The number of halogens is 2. The van der Waals surface area contributed by atoms with Crippen LogP contribution in [0.3, 0.4) is 0 Å². The molecular formula is C16H21F2N3. The van der Waals surface area contributed by atoms with E-state index in [-0.39, 0.29) is 6.04 Å². The normalized spacial score (nSPS) is 12.7. The Morgan fingerprint density at radius 2 is 2.00 bits per heavy atom. The average molecular weight is 293 g/mol. The first-order chi connectivity index (χ1) is 9.95. The Morgan fingerprint density at radius 1 is 1.29 bits per heavy atom. The molecule has 114 valence electrons. The number of likely N-dealkylation sites (N-methyl/N-ethyl adjacent to an activating group) is 1. The maximum absolute atomic E-state index is 13.9. The lowest BCUT2D eigenvalue weighted by Gasteiger charge is -2.19. The maximum atomic E-state index is 13.9. The number of rotatable bonds is 5. The van der Waals surface area contributed by atoms with E-state index in [0.717, 1.165) is 29.6 Å². The summed E-state index contributed by atoms with van der Waals surface area (Å²) in [5, 5.41) is 7.75. The quantitative estimate of drug-likeness (QED) is 0.917. The molecule has 0 bridgehead atoms. The van der Waals surface area contributed by atoms with Crippen LogP contribution in [0.1, 0.15) is 35.5 Å². The zero-order valence-corrected chi connectivity index (χ0v) is 12.9. The molecular weight excluding hydrogens is 272 g/mol. The van der Waals surface area contributed by atoms with Gasteiger partial charge in [0.1, 0.15) is 0 Å². The lowest BCUT2D eigenvalue weighted by atomic mass is 9.97. The number of aromatic nitrogens is 2. The Bertz CT molecular complexity index is 635. The van der Waals surface area contributed by atoms with Crippen molar-refractivity contribution in [3.05, 3.63) is 52.3 Å². The van der Waals surface area contributed by atoms with Crippen molar-refractivity contribution in [2.45, 2.75) is 33.2 Å². The van der Waals surface area contributed by atoms with Gasteiger partial charge in [-0.2, -0.15) is 5.10 Å². The summed E-state index contributed by atoms with van der Waals surface area (Å²) in [5.74, 6) is -1.57. The lowest BCUT2D eigenvalue weighted by Crippen LogP contribution is -2.24. The van der Waals surface area contributed by atoms with Gasteiger partial charge >= 0.3 is 0 Å². The first kappa shape index (κ1) is 15.6. The summed E-state index contributed by atoms with van der Waals surface area (Å²) in [4.78, 5) is 0. The average Bonchev–Trinajstić information content (AvgIpc) is 2.68. The zero-order chi connectivity index (χ0) is 15.6. The van der Waals surface area contributed by atoms with E-state index in [1.807, 2.05) is 32.5 Å². The third kappa shape index (κ3) is 3.13. The van der Waals surface area contributed by atoms with Crippen molar-refractivity contribution in [3.8, 4) is 0 Å². The molecule has 1 unspecified atom stereocenters. The molecule has 1 aromatic carbocycles. The molecule has 0 amide bonds. The van der Waals surface area contributed by atoms with E-state index in [2.05, 4.69) is 10.4 Å². The van der Waals surface area contributed by atoms with Gasteiger partial charge in [-0.1, -0.05) is 19.1 Å². The fourth-order valence-corrected chi connectivity index (χ4v) is 2.74. The van der Waals surface area contributed by atoms with E-state index in [0.29, 0.717) is 12.0 Å². The zero-order valence-electron chi connectivity index (χ0n) is 12.9. The number of nitrogens with one attached hydrogen (secondary N) is 1. The summed E-state index contributed by atoms with van der Waals surface area (Å²) in [7, 11) is 1.89. The highest BCUT2D eigenvalue weighted by Crippen LogP contribution is 2.26. The standard InChI is InChI=1S/C16H21F2N3/c1-5-19-14(15-10(2)20-21(4)11(15)3)9-12-7-6-8-13(17)16(12)18/h6-8,14,19H,5,9H2,1-4H3. The highest BCUT2D eigenvalue weighted by atomic mass is 19.2. The molecule has 0 fully saturated rings. The van der Waals surface area contributed by atoms with Gasteiger partial charge in [0.25, 0.3) is 0 Å². The van der Waals surface area contributed by atoms with Crippen LogP contribution in [-0.4, -0.2) is 16.3 Å². The van der Waals surface area contributed by atoms with Crippen molar-refractivity contribution in [3.63, 3.8) is 0 Å². The third-order valence-corrected chi connectivity index (χ3v) is 3.82. The fraction of sp³-hybridized carbons (Fsp3) is 0.438. The molecule has 3 nitrogen and oxygen atoms in total. The maximum Gasteiger partial charge on any atom is 0.162 e. The second kappa shape index (κ2) is 6.35. The summed E-state index contributed by atoms with van der Waals surface area (Å²) in [5.41, 5.74) is 3.39. The largest absolute Gasteiger partial charge is 0.310 e. The number of hydrogen-bond donors (Lipinski definition) is 1. The summed E-state index contributed by atoms with van der Waals surface area (Å²) >= 11 is 0. The van der Waals surface area contributed by atoms with Crippen molar-refractivity contribution < 1.29 is 8.78 Å². The Balaban J connectivity index is 2.38. The van der Waals surface area contributed by atoms with E-state index >= 15 is 0 Å². The molecule has 0 saturated carbocycles. The van der Waals surface area contributed by atoms with E-state index in [1.54, 1.807) is 12.1 Å². The van der Waals surface area contributed by atoms with E-state index in [9.17, 15) is 8.78 Å². The van der Waals surface area contributed by atoms with E-state index in [1.165, 1.54) is 0 Å². The molecule has 1 aromatic heterocycles. The van der Waals surface area contributed by atoms with Crippen LogP contribution in [0.2, 0.25) is 0 Å². The Labute approximate surface area is 124 Å². The molecule has 0 aliphatic heterocycles. The van der Waals surface area contributed by atoms with Gasteiger partial charge < -0.3 is 5.32 Å². The molecule has 0 spiro atoms. The molecule has 0 saturated heterocycles. The van der Waals surface area contributed by atoms with Gasteiger partial charge in [-0.3, -0.25) is 4.68 Å². The Kier molecular flexibility index (Phi) is 4.73. The Hall–Kier alpha value is -1.75. The van der Waals surface area contributed by atoms with Gasteiger partial charge in [0.2, 0.25) is 0 Å².